The van der Waals surface area contributed by atoms with E-state index in [4.69, 9.17) is 26.2 Å². The third-order valence-electron chi connectivity index (χ3n) is 1.91. The molecule has 1 aliphatic rings. The Morgan fingerprint density at radius 3 is 2.25 bits per heavy atom. The van der Waals surface area contributed by atoms with E-state index >= 15 is 0 Å². The van der Waals surface area contributed by atoms with Crippen LogP contribution in [-0.4, -0.2) is 64.0 Å². The molecule has 1 aliphatic heterocycles. The van der Waals surface area contributed by atoms with Crippen molar-refractivity contribution < 1.29 is 30.0 Å². The second-order valence-electron chi connectivity index (χ2n) is 3.11. The van der Waals surface area contributed by atoms with Crippen molar-refractivity contribution in [3.8, 4) is 0 Å². The zero-order valence-corrected chi connectivity index (χ0v) is 8.69. The molecule has 0 unspecified atom stereocenters. The first-order valence-electron chi connectivity index (χ1n) is 4.66. The first kappa shape index (κ1) is 15.0. The summed E-state index contributed by atoms with van der Waals surface area (Å²) >= 11 is 0. The van der Waals surface area contributed by atoms with Gasteiger partial charge in [0.15, 0.2) is 12.2 Å². The molecule has 0 saturated carbocycles. The van der Waals surface area contributed by atoms with E-state index in [1.54, 1.807) is 6.08 Å². The summed E-state index contributed by atoms with van der Waals surface area (Å²) in [6.45, 7) is 3.35. The maximum Gasteiger partial charge on any atom is 0.338 e. The van der Waals surface area contributed by atoms with Crippen molar-refractivity contribution in [1.82, 2.24) is 0 Å². The van der Waals surface area contributed by atoms with Crippen molar-refractivity contribution in [1.29, 1.82) is 0 Å². The average Bonchev–Trinajstić information content (AvgIpc) is 2.31. The number of hydrogen-bond donors (Lipinski definition) is 5. The molecule has 0 aromatic heterocycles. The minimum Gasteiger partial charge on any atom is -0.455 e. The van der Waals surface area contributed by atoms with Crippen LogP contribution in [0.25, 0.3) is 0 Å². The Morgan fingerprint density at radius 1 is 1.38 bits per heavy atom. The quantitative estimate of drug-likeness (QED) is 0.256. The first-order chi connectivity index (χ1) is 7.49. The van der Waals surface area contributed by atoms with E-state index in [9.17, 15) is 4.79 Å². The molecule has 0 bridgehead atoms. The van der Waals surface area contributed by atoms with Crippen LogP contribution < -0.4 is 5.73 Å². The van der Waals surface area contributed by atoms with Gasteiger partial charge in [-0.25, -0.2) is 4.79 Å². The number of carbonyl (C=O) groups excluding carboxylic acids is 1. The molecule has 7 nitrogen and oxygen atoms in total. The SMILES string of the molecule is C=CCN.O=C1O[C@H](CO)[C@@H](O)[C@H](O)[C@H]1O. The second-order valence-corrected chi connectivity index (χ2v) is 3.11. The maximum atomic E-state index is 10.7. The lowest BCUT2D eigenvalue weighted by atomic mass is 10.0. The van der Waals surface area contributed by atoms with E-state index in [1.165, 1.54) is 0 Å². The number of rotatable bonds is 2. The van der Waals surface area contributed by atoms with Gasteiger partial charge in [-0.1, -0.05) is 6.08 Å². The molecule has 7 heteroatoms. The van der Waals surface area contributed by atoms with Crippen LogP contribution in [0.2, 0.25) is 0 Å². The fourth-order valence-corrected chi connectivity index (χ4v) is 0.980. The average molecular weight is 235 g/mol. The van der Waals surface area contributed by atoms with E-state index in [-0.39, 0.29) is 0 Å². The Kier molecular flexibility index (Phi) is 6.86. The van der Waals surface area contributed by atoms with E-state index in [2.05, 4.69) is 11.3 Å². The van der Waals surface area contributed by atoms with Gasteiger partial charge in [0, 0.05) is 6.54 Å². The molecule has 0 aromatic carbocycles. The molecule has 0 radical (unpaired) electrons. The Balaban J connectivity index is 0.000000487. The molecule has 1 fully saturated rings. The smallest absolute Gasteiger partial charge is 0.338 e. The Hall–Kier alpha value is -0.990. The summed E-state index contributed by atoms with van der Waals surface area (Å²) in [5.41, 5.74) is 4.91. The van der Waals surface area contributed by atoms with Crippen LogP contribution in [0.15, 0.2) is 12.7 Å². The molecule has 0 spiro atoms. The highest BCUT2D eigenvalue weighted by Gasteiger charge is 2.43. The Bertz CT molecular complexity index is 232. The van der Waals surface area contributed by atoms with Crippen molar-refractivity contribution in [3.63, 3.8) is 0 Å². The van der Waals surface area contributed by atoms with Gasteiger partial charge in [0.25, 0.3) is 0 Å². The minimum absolute atomic E-state index is 0.583. The molecule has 0 amide bonds. The fraction of sp³-hybridized carbons (Fsp3) is 0.667. The third-order valence-corrected chi connectivity index (χ3v) is 1.91. The van der Waals surface area contributed by atoms with Crippen molar-refractivity contribution in [2.24, 2.45) is 5.73 Å². The van der Waals surface area contributed by atoms with Gasteiger partial charge in [-0.15, -0.1) is 6.58 Å². The van der Waals surface area contributed by atoms with E-state index in [1.807, 2.05) is 0 Å². The number of ether oxygens (including phenoxy) is 1. The number of esters is 1. The normalized spacial score (nSPS) is 33.4. The Labute approximate surface area is 92.8 Å². The highest BCUT2D eigenvalue weighted by molar-refractivity contribution is 5.76. The van der Waals surface area contributed by atoms with Gasteiger partial charge in [-0.2, -0.15) is 0 Å². The fourth-order valence-electron chi connectivity index (χ4n) is 0.980. The van der Waals surface area contributed by atoms with Crippen LogP contribution in [0.5, 0.6) is 0 Å². The zero-order chi connectivity index (χ0) is 12.7. The van der Waals surface area contributed by atoms with Gasteiger partial charge in [-0.05, 0) is 0 Å². The predicted octanol–water partition coefficient (Wildman–Crippen LogP) is -2.88. The van der Waals surface area contributed by atoms with Crippen molar-refractivity contribution in [3.05, 3.63) is 12.7 Å². The van der Waals surface area contributed by atoms with Gasteiger partial charge < -0.3 is 30.9 Å². The third kappa shape index (κ3) is 3.87. The molecule has 0 aliphatic carbocycles. The van der Waals surface area contributed by atoms with Gasteiger partial charge in [-0.3, -0.25) is 0 Å². The molecular formula is C9H17NO6. The molecule has 1 heterocycles. The topological polar surface area (TPSA) is 133 Å². The number of aliphatic hydroxyl groups is 4. The molecule has 4 atom stereocenters. The minimum atomic E-state index is -1.73. The standard InChI is InChI=1S/C6H10O6.C3H7N/c7-1-2-3(8)4(9)5(10)6(11)12-2;1-2-3-4/h2-5,7-10H,1H2;2H,1,3-4H2/t2-,3-,4+,5-;/m1./s1. The molecule has 0 aromatic rings. The summed E-state index contributed by atoms with van der Waals surface area (Å²) in [7, 11) is 0. The Morgan fingerprint density at radius 2 is 1.88 bits per heavy atom. The van der Waals surface area contributed by atoms with Crippen molar-refractivity contribution >= 4 is 5.97 Å². The van der Waals surface area contributed by atoms with Gasteiger partial charge >= 0.3 is 5.97 Å². The van der Waals surface area contributed by atoms with Crippen LogP contribution in [0.4, 0.5) is 0 Å². The van der Waals surface area contributed by atoms with Gasteiger partial charge in [0.2, 0.25) is 0 Å². The molecule has 1 saturated heterocycles. The van der Waals surface area contributed by atoms with E-state index in [0.29, 0.717) is 6.54 Å². The molecule has 94 valence electrons. The van der Waals surface area contributed by atoms with Crippen LogP contribution in [0, 0.1) is 0 Å². The molecular weight excluding hydrogens is 218 g/mol. The monoisotopic (exact) mass is 235 g/mol. The zero-order valence-electron chi connectivity index (χ0n) is 8.69. The summed E-state index contributed by atoms with van der Waals surface area (Å²) in [4.78, 5) is 10.7. The van der Waals surface area contributed by atoms with Crippen LogP contribution in [0.1, 0.15) is 0 Å². The van der Waals surface area contributed by atoms with Crippen molar-refractivity contribution in [2.75, 3.05) is 13.2 Å². The molecule has 6 N–H and O–H groups in total. The van der Waals surface area contributed by atoms with E-state index < -0.39 is 37.0 Å². The maximum absolute atomic E-state index is 10.7. The highest BCUT2D eigenvalue weighted by atomic mass is 16.6. The van der Waals surface area contributed by atoms with Crippen LogP contribution >= 0.6 is 0 Å². The summed E-state index contributed by atoms with van der Waals surface area (Å²) < 4.78 is 4.38. The number of cyclic esters (lactones) is 1. The predicted molar refractivity (Wildman–Crippen MR) is 54.2 cm³/mol. The lowest BCUT2D eigenvalue weighted by molar-refractivity contribution is -0.206. The first-order valence-corrected chi connectivity index (χ1v) is 4.66. The largest absolute Gasteiger partial charge is 0.455 e. The number of nitrogens with two attached hydrogens (primary N) is 1. The summed E-state index contributed by atoms with van der Waals surface area (Å²) in [6, 6.07) is 0. The summed E-state index contributed by atoms with van der Waals surface area (Å²) in [5, 5.41) is 35.5. The number of hydrogen-bond acceptors (Lipinski definition) is 7. The van der Waals surface area contributed by atoms with Gasteiger partial charge in [0.05, 0.1) is 6.61 Å². The second kappa shape index (κ2) is 7.31. The highest BCUT2D eigenvalue weighted by Crippen LogP contribution is 2.15. The lowest BCUT2D eigenvalue weighted by Crippen LogP contribution is -2.56. The van der Waals surface area contributed by atoms with Crippen molar-refractivity contribution in [2.45, 2.75) is 24.4 Å². The lowest BCUT2D eigenvalue weighted by Gasteiger charge is -2.32. The summed E-state index contributed by atoms with van der Waals surface area (Å²) in [5.74, 6) is -1.04. The van der Waals surface area contributed by atoms with E-state index in [0.717, 1.165) is 0 Å². The van der Waals surface area contributed by atoms with Gasteiger partial charge in [0.1, 0.15) is 12.2 Å². The molecule has 16 heavy (non-hydrogen) atoms. The van der Waals surface area contributed by atoms with Crippen LogP contribution in [0.3, 0.4) is 0 Å². The summed E-state index contributed by atoms with van der Waals surface area (Å²) in [6.07, 6.45) is -4.27. The van der Waals surface area contributed by atoms with Crippen LogP contribution in [-0.2, 0) is 9.53 Å². The number of carbonyl (C=O) groups is 1. The molecule has 1 rings (SSSR count). The number of aliphatic hydroxyl groups excluding tert-OH is 4.